The summed E-state index contributed by atoms with van der Waals surface area (Å²) in [5, 5.41) is 17.5. The number of rotatable bonds is 8. The van der Waals surface area contributed by atoms with Crippen molar-refractivity contribution in [3.05, 3.63) is 0 Å². The van der Waals surface area contributed by atoms with Crippen LogP contribution in [0.15, 0.2) is 0 Å². The standard InChI is InChI=1S/C13H24N2O2/c1-11(2)15(8-5-6-12(16)17)9-7-13(3,4)10-14/h11H,5-9H2,1-4H3,(H,16,17). The van der Waals surface area contributed by atoms with Crippen LogP contribution in [0.25, 0.3) is 0 Å². The minimum atomic E-state index is -0.744. The topological polar surface area (TPSA) is 64.3 Å². The molecule has 17 heavy (non-hydrogen) atoms. The number of carbonyl (C=O) groups is 1. The first kappa shape index (κ1) is 15.9. The van der Waals surface area contributed by atoms with Gasteiger partial charge in [-0.1, -0.05) is 0 Å². The monoisotopic (exact) mass is 240 g/mol. The van der Waals surface area contributed by atoms with Crippen molar-refractivity contribution < 1.29 is 9.90 Å². The number of hydrogen-bond donors (Lipinski definition) is 1. The first-order valence-electron chi connectivity index (χ1n) is 6.15. The molecule has 0 saturated heterocycles. The van der Waals surface area contributed by atoms with Gasteiger partial charge in [-0.05, 0) is 53.6 Å². The Hall–Kier alpha value is -1.08. The van der Waals surface area contributed by atoms with Crippen LogP contribution in [0.1, 0.15) is 47.0 Å². The predicted molar refractivity (Wildman–Crippen MR) is 67.6 cm³/mol. The molecule has 4 heteroatoms. The summed E-state index contributed by atoms with van der Waals surface area (Å²) in [6, 6.07) is 2.68. The lowest BCUT2D eigenvalue weighted by molar-refractivity contribution is -0.137. The highest BCUT2D eigenvalue weighted by Gasteiger charge is 2.19. The second kappa shape index (κ2) is 7.29. The second-order valence-electron chi connectivity index (χ2n) is 5.37. The highest BCUT2D eigenvalue weighted by atomic mass is 16.4. The normalized spacial score (nSPS) is 11.8. The smallest absolute Gasteiger partial charge is 0.303 e. The molecule has 0 radical (unpaired) electrons. The SMILES string of the molecule is CC(C)N(CCCC(=O)O)CCC(C)(C)C#N. The third-order valence-corrected chi connectivity index (χ3v) is 2.89. The Balaban J connectivity index is 4.09. The van der Waals surface area contributed by atoms with Crippen LogP contribution in [0.5, 0.6) is 0 Å². The maximum atomic E-state index is 10.5. The van der Waals surface area contributed by atoms with E-state index in [0.717, 1.165) is 19.5 Å². The van der Waals surface area contributed by atoms with Crippen LogP contribution < -0.4 is 0 Å². The zero-order valence-electron chi connectivity index (χ0n) is 11.4. The van der Waals surface area contributed by atoms with Gasteiger partial charge in [-0.25, -0.2) is 0 Å². The molecular formula is C13H24N2O2. The zero-order valence-corrected chi connectivity index (χ0v) is 11.4. The van der Waals surface area contributed by atoms with E-state index < -0.39 is 5.97 Å². The largest absolute Gasteiger partial charge is 0.481 e. The fourth-order valence-corrected chi connectivity index (χ4v) is 1.54. The Kier molecular flexibility index (Phi) is 6.82. The summed E-state index contributed by atoms with van der Waals surface area (Å²) in [4.78, 5) is 12.7. The van der Waals surface area contributed by atoms with E-state index in [1.165, 1.54) is 0 Å². The fraction of sp³-hybridized carbons (Fsp3) is 0.846. The first-order valence-corrected chi connectivity index (χ1v) is 6.15. The van der Waals surface area contributed by atoms with E-state index in [1.54, 1.807) is 0 Å². The third-order valence-electron chi connectivity index (χ3n) is 2.89. The van der Waals surface area contributed by atoms with Crippen molar-refractivity contribution in [1.82, 2.24) is 4.90 Å². The van der Waals surface area contributed by atoms with Gasteiger partial charge < -0.3 is 10.0 Å². The van der Waals surface area contributed by atoms with Crippen LogP contribution in [0.2, 0.25) is 0 Å². The molecule has 0 aliphatic heterocycles. The molecular weight excluding hydrogens is 216 g/mol. The summed E-state index contributed by atoms with van der Waals surface area (Å²) < 4.78 is 0. The number of aliphatic carboxylic acids is 1. The van der Waals surface area contributed by atoms with Crippen LogP contribution in [0.3, 0.4) is 0 Å². The van der Waals surface area contributed by atoms with Gasteiger partial charge in [0.15, 0.2) is 0 Å². The average molecular weight is 240 g/mol. The molecule has 0 unspecified atom stereocenters. The minimum Gasteiger partial charge on any atom is -0.481 e. The number of carboxylic acid groups (broad SMARTS) is 1. The molecule has 0 aliphatic carbocycles. The highest BCUT2D eigenvalue weighted by Crippen LogP contribution is 2.19. The van der Waals surface area contributed by atoms with Gasteiger partial charge in [-0.3, -0.25) is 4.79 Å². The Morgan fingerprint density at radius 1 is 1.41 bits per heavy atom. The van der Waals surface area contributed by atoms with E-state index in [-0.39, 0.29) is 11.8 Å². The molecule has 0 spiro atoms. The maximum absolute atomic E-state index is 10.5. The van der Waals surface area contributed by atoms with Crippen molar-refractivity contribution in [2.45, 2.75) is 53.0 Å². The van der Waals surface area contributed by atoms with Crippen LogP contribution >= 0.6 is 0 Å². The van der Waals surface area contributed by atoms with Crippen LogP contribution in [0.4, 0.5) is 0 Å². The second-order valence-corrected chi connectivity index (χ2v) is 5.37. The molecule has 0 atom stereocenters. The minimum absolute atomic E-state index is 0.213. The number of hydrogen-bond acceptors (Lipinski definition) is 3. The van der Waals surface area contributed by atoms with Gasteiger partial charge >= 0.3 is 5.97 Å². The van der Waals surface area contributed by atoms with E-state index in [9.17, 15) is 4.79 Å². The summed E-state index contributed by atoms with van der Waals surface area (Å²) in [7, 11) is 0. The third kappa shape index (κ3) is 7.76. The summed E-state index contributed by atoms with van der Waals surface area (Å²) in [5.74, 6) is -0.744. The van der Waals surface area contributed by atoms with E-state index in [1.807, 2.05) is 13.8 Å². The van der Waals surface area contributed by atoms with Crippen molar-refractivity contribution >= 4 is 5.97 Å². The molecule has 0 heterocycles. The lowest BCUT2D eigenvalue weighted by atomic mass is 9.91. The molecule has 0 rings (SSSR count). The number of carboxylic acids is 1. The number of nitriles is 1. The van der Waals surface area contributed by atoms with Crippen molar-refractivity contribution in [3.63, 3.8) is 0 Å². The van der Waals surface area contributed by atoms with Crippen LogP contribution in [0, 0.1) is 16.7 Å². The van der Waals surface area contributed by atoms with E-state index in [2.05, 4.69) is 24.8 Å². The molecule has 0 amide bonds. The maximum Gasteiger partial charge on any atom is 0.303 e. The summed E-state index contributed by atoms with van der Waals surface area (Å²) >= 11 is 0. The molecule has 0 aromatic rings. The molecule has 0 saturated carbocycles. The van der Waals surface area contributed by atoms with Gasteiger partial charge in [0.05, 0.1) is 11.5 Å². The highest BCUT2D eigenvalue weighted by molar-refractivity contribution is 5.66. The van der Waals surface area contributed by atoms with Crippen molar-refractivity contribution in [2.75, 3.05) is 13.1 Å². The van der Waals surface area contributed by atoms with E-state index in [4.69, 9.17) is 10.4 Å². The lowest BCUT2D eigenvalue weighted by Crippen LogP contribution is -2.35. The molecule has 1 N–H and O–H groups in total. The molecule has 0 bridgehead atoms. The van der Waals surface area contributed by atoms with Crippen molar-refractivity contribution in [2.24, 2.45) is 5.41 Å². The van der Waals surface area contributed by atoms with Gasteiger partial charge in [0.25, 0.3) is 0 Å². The molecule has 98 valence electrons. The van der Waals surface area contributed by atoms with Gasteiger partial charge in [-0.2, -0.15) is 5.26 Å². The fourth-order valence-electron chi connectivity index (χ4n) is 1.54. The number of nitrogens with zero attached hydrogens (tertiary/aromatic N) is 2. The van der Waals surface area contributed by atoms with Gasteiger partial charge in [0, 0.05) is 12.5 Å². The molecule has 0 aromatic heterocycles. The summed E-state index contributed by atoms with van der Waals surface area (Å²) in [5.41, 5.74) is -0.306. The Bertz CT molecular complexity index is 280. The Morgan fingerprint density at radius 3 is 2.41 bits per heavy atom. The Morgan fingerprint density at radius 2 is 2.00 bits per heavy atom. The van der Waals surface area contributed by atoms with E-state index >= 15 is 0 Å². The van der Waals surface area contributed by atoms with Crippen molar-refractivity contribution in [3.8, 4) is 6.07 Å². The first-order chi connectivity index (χ1) is 7.78. The van der Waals surface area contributed by atoms with Gasteiger partial charge in [0.1, 0.15) is 0 Å². The average Bonchev–Trinajstić information content (AvgIpc) is 2.22. The van der Waals surface area contributed by atoms with E-state index in [0.29, 0.717) is 12.5 Å². The van der Waals surface area contributed by atoms with Crippen LogP contribution in [-0.4, -0.2) is 35.1 Å². The molecule has 0 fully saturated rings. The van der Waals surface area contributed by atoms with Gasteiger partial charge in [0.2, 0.25) is 0 Å². The van der Waals surface area contributed by atoms with Gasteiger partial charge in [-0.15, -0.1) is 0 Å². The Labute approximate surface area is 104 Å². The predicted octanol–water partition coefficient (Wildman–Crippen LogP) is 2.50. The quantitative estimate of drug-likeness (QED) is 0.708. The lowest BCUT2D eigenvalue weighted by Gasteiger charge is -2.28. The summed E-state index contributed by atoms with van der Waals surface area (Å²) in [6.07, 6.45) is 1.69. The summed E-state index contributed by atoms with van der Waals surface area (Å²) in [6.45, 7) is 9.69. The molecule has 0 aliphatic rings. The molecule has 0 aromatic carbocycles. The van der Waals surface area contributed by atoms with Crippen molar-refractivity contribution in [1.29, 1.82) is 5.26 Å². The zero-order chi connectivity index (χ0) is 13.5. The molecule has 4 nitrogen and oxygen atoms in total. The van der Waals surface area contributed by atoms with Crippen LogP contribution in [-0.2, 0) is 4.79 Å².